The SMILES string of the molecule is CC(NC1CCOC1)C1CCOCC1. The first kappa shape index (κ1) is 10.4. The molecule has 2 heterocycles. The zero-order chi connectivity index (χ0) is 9.80. The van der Waals surface area contributed by atoms with E-state index in [1.54, 1.807) is 0 Å². The maximum atomic E-state index is 5.37. The Balaban J connectivity index is 1.72. The summed E-state index contributed by atoms with van der Waals surface area (Å²) in [5.41, 5.74) is 0. The van der Waals surface area contributed by atoms with E-state index in [2.05, 4.69) is 12.2 Å². The predicted octanol–water partition coefficient (Wildman–Crippen LogP) is 1.18. The lowest BCUT2D eigenvalue weighted by atomic mass is 9.92. The van der Waals surface area contributed by atoms with E-state index in [0.29, 0.717) is 12.1 Å². The van der Waals surface area contributed by atoms with Crippen molar-refractivity contribution in [2.45, 2.75) is 38.3 Å². The fourth-order valence-electron chi connectivity index (χ4n) is 2.39. The topological polar surface area (TPSA) is 30.5 Å². The Labute approximate surface area is 86.2 Å². The van der Waals surface area contributed by atoms with Crippen molar-refractivity contribution in [1.29, 1.82) is 0 Å². The van der Waals surface area contributed by atoms with Crippen molar-refractivity contribution in [2.75, 3.05) is 26.4 Å². The van der Waals surface area contributed by atoms with E-state index >= 15 is 0 Å². The number of ether oxygens (including phenoxy) is 2. The van der Waals surface area contributed by atoms with Crippen LogP contribution in [0.2, 0.25) is 0 Å². The van der Waals surface area contributed by atoms with Crippen LogP contribution >= 0.6 is 0 Å². The molecule has 0 aromatic rings. The van der Waals surface area contributed by atoms with Crippen LogP contribution in [-0.4, -0.2) is 38.5 Å². The van der Waals surface area contributed by atoms with E-state index in [-0.39, 0.29) is 0 Å². The van der Waals surface area contributed by atoms with Gasteiger partial charge in [-0.05, 0) is 32.1 Å². The van der Waals surface area contributed by atoms with Gasteiger partial charge in [0, 0.05) is 31.9 Å². The zero-order valence-electron chi connectivity index (χ0n) is 9.00. The van der Waals surface area contributed by atoms with Gasteiger partial charge in [-0.3, -0.25) is 0 Å². The van der Waals surface area contributed by atoms with Crippen molar-refractivity contribution in [3.63, 3.8) is 0 Å². The van der Waals surface area contributed by atoms with E-state index in [0.717, 1.165) is 32.3 Å². The van der Waals surface area contributed by atoms with Crippen LogP contribution in [0.5, 0.6) is 0 Å². The lowest BCUT2D eigenvalue weighted by Gasteiger charge is -2.30. The molecule has 0 amide bonds. The standard InChI is InChI=1S/C11H21NO2/c1-9(10-2-5-13-6-3-10)12-11-4-7-14-8-11/h9-12H,2-8H2,1H3. The van der Waals surface area contributed by atoms with Crippen LogP contribution in [0.15, 0.2) is 0 Å². The van der Waals surface area contributed by atoms with Gasteiger partial charge < -0.3 is 14.8 Å². The Morgan fingerprint density at radius 3 is 2.43 bits per heavy atom. The highest BCUT2D eigenvalue weighted by molar-refractivity contribution is 4.80. The third-order valence-electron chi connectivity index (χ3n) is 3.40. The largest absolute Gasteiger partial charge is 0.381 e. The summed E-state index contributed by atoms with van der Waals surface area (Å²) in [5.74, 6) is 0.796. The van der Waals surface area contributed by atoms with Crippen LogP contribution in [0, 0.1) is 5.92 Å². The first-order valence-corrected chi connectivity index (χ1v) is 5.78. The second kappa shape index (κ2) is 5.10. The summed E-state index contributed by atoms with van der Waals surface area (Å²) in [6.45, 7) is 6.01. The Morgan fingerprint density at radius 1 is 1.07 bits per heavy atom. The predicted molar refractivity (Wildman–Crippen MR) is 55.4 cm³/mol. The minimum atomic E-state index is 0.591. The van der Waals surface area contributed by atoms with Gasteiger partial charge >= 0.3 is 0 Å². The maximum absolute atomic E-state index is 5.37. The molecular formula is C11H21NO2. The Hall–Kier alpha value is -0.120. The van der Waals surface area contributed by atoms with E-state index < -0.39 is 0 Å². The molecule has 0 spiro atoms. The van der Waals surface area contributed by atoms with Crippen LogP contribution in [0.25, 0.3) is 0 Å². The van der Waals surface area contributed by atoms with E-state index in [9.17, 15) is 0 Å². The van der Waals surface area contributed by atoms with E-state index in [4.69, 9.17) is 9.47 Å². The summed E-state index contributed by atoms with van der Waals surface area (Å²) < 4.78 is 10.7. The zero-order valence-corrected chi connectivity index (χ0v) is 9.00. The first-order valence-electron chi connectivity index (χ1n) is 5.78. The van der Waals surface area contributed by atoms with Crippen LogP contribution in [0.4, 0.5) is 0 Å². The van der Waals surface area contributed by atoms with E-state index in [1.165, 1.54) is 19.3 Å². The van der Waals surface area contributed by atoms with Gasteiger partial charge in [0.15, 0.2) is 0 Å². The molecule has 2 aliphatic rings. The van der Waals surface area contributed by atoms with Gasteiger partial charge in [-0.1, -0.05) is 0 Å². The van der Waals surface area contributed by atoms with Gasteiger partial charge in [-0.2, -0.15) is 0 Å². The lowest BCUT2D eigenvalue weighted by molar-refractivity contribution is 0.0540. The fourth-order valence-corrected chi connectivity index (χ4v) is 2.39. The summed E-state index contributed by atoms with van der Waals surface area (Å²) in [6.07, 6.45) is 3.59. The third kappa shape index (κ3) is 2.69. The van der Waals surface area contributed by atoms with Gasteiger partial charge in [0.05, 0.1) is 6.61 Å². The van der Waals surface area contributed by atoms with Gasteiger partial charge in [-0.15, -0.1) is 0 Å². The summed E-state index contributed by atoms with van der Waals surface area (Å²) in [4.78, 5) is 0. The molecule has 0 aromatic heterocycles. The molecule has 0 aliphatic carbocycles. The fraction of sp³-hybridized carbons (Fsp3) is 1.00. The van der Waals surface area contributed by atoms with Crippen molar-refractivity contribution < 1.29 is 9.47 Å². The van der Waals surface area contributed by atoms with Gasteiger partial charge in [0.2, 0.25) is 0 Å². The molecule has 2 aliphatic heterocycles. The Kier molecular flexibility index (Phi) is 3.79. The monoisotopic (exact) mass is 199 g/mol. The van der Waals surface area contributed by atoms with E-state index in [1.807, 2.05) is 0 Å². The Morgan fingerprint density at radius 2 is 1.79 bits per heavy atom. The summed E-state index contributed by atoms with van der Waals surface area (Å²) >= 11 is 0. The normalized spacial score (nSPS) is 31.9. The second-order valence-electron chi connectivity index (χ2n) is 4.47. The Bertz CT molecular complexity index is 163. The molecule has 3 heteroatoms. The van der Waals surface area contributed by atoms with Crippen molar-refractivity contribution in [3.8, 4) is 0 Å². The average Bonchev–Trinajstić information content (AvgIpc) is 2.72. The van der Waals surface area contributed by atoms with Crippen molar-refractivity contribution in [1.82, 2.24) is 5.32 Å². The molecule has 14 heavy (non-hydrogen) atoms. The second-order valence-corrected chi connectivity index (χ2v) is 4.47. The van der Waals surface area contributed by atoms with Crippen molar-refractivity contribution in [3.05, 3.63) is 0 Å². The molecule has 1 N–H and O–H groups in total. The number of hydrogen-bond donors (Lipinski definition) is 1. The minimum absolute atomic E-state index is 0.591. The first-order chi connectivity index (χ1) is 6.86. The third-order valence-corrected chi connectivity index (χ3v) is 3.40. The highest BCUT2D eigenvalue weighted by atomic mass is 16.5. The lowest BCUT2D eigenvalue weighted by Crippen LogP contribution is -2.42. The molecule has 2 unspecified atom stereocenters. The molecule has 2 atom stereocenters. The highest BCUT2D eigenvalue weighted by Crippen LogP contribution is 2.19. The maximum Gasteiger partial charge on any atom is 0.0620 e. The summed E-state index contributed by atoms with van der Waals surface area (Å²) in [5, 5.41) is 3.67. The number of hydrogen-bond acceptors (Lipinski definition) is 3. The average molecular weight is 199 g/mol. The summed E-state index contributed by atoms with van der Waals surface area (Å²) in [7, 11) is 0. The van der Waals surface area contributed by atoms with Crippen LogP contribution < -0.4 is 5.32 Å². The minimum Gasteiger partial charge on any atom is -0.381 e. The molecule has 0 aromatic carbocycles. The molecule has 0 bridgehead atoms. The molecule has 82 valence electrons. The van der Waals surface area contributed by atoms with Gasteiger partial charge in [0.25, 0.3) is 0 Å². The molecule has 3 nitrogen and oxygen atoms in total. The van der Waals surface area contributed by atoms with Gasteiger partial charge in [0.1, 0.15) is 0 Å². The summed E-state index contributed by atoms with van der Waals surface area (Å²) in [6, 6.07) is 1.21. The van der Waals surface area contributed by atoms with Crippen LogP contribution in [0.3, 0.4) is 0 Å². The number of rotatable bonds is 3. The molecule has 2 saturated heterocycles. The van der Waals surface area contributed by atoms with Gasteiger partial charge in [-0.25, -0.2) is 0 Å². The number of nitrogens with one attached hydrogen (secondary N) is 1. The molecule has 0 saturated carbocycles. The van der Waals surface area contributed by atoms with Crippen molar-refractivity contribution in [2.24, 2.45) is 5.92 Å². The molecule has 0 radical (unpaired) electrons. The van der Waals surface area contributed by atoms with Crippen LogP contribution in [0.1, 0.15) is 26.2 Å². The van der Waals surface area contributed by atoms with Crippen LogP contribution in [-0.2, 0) is 9.47 Å². The molecule has 2 rings (SSSR count). The molecular weight excluding hydrogens is 178 g/mol. The smallest absolute Gasteiger partial charge is 0.0620 e. The molecule has 2 fully saturated rings. The highest BCUT2D eigenvalue weighted by Gasteiger charge is 2.24. The quantitative estimate of drug-likeness (QED) is 0.740. The van der Waals surface area contributed by atoms with Crippen molar-refractivity contribution >= 4 is 0 Å².